The molecule has 0 aliphatic heterocycles. The lowest BCUT2D eigenvalue weighted by molar-refractivity contribution is 0.0697. The Balaban J connectivity index is 2.19. The SMILES string of the molecule is Nc1cc(C(=O)O)ccc1NC(=O)c1ccc(Cl)cn1. The normalized spacial score (nSPS) is 10.1. The second kappa shape index (κ2) is 5.58. The minimum Gasteiger partial charge on any atom is -0.478 e. The third-order valence-corrected chi connectivity index (χ3v) is 2.73. The summed E-state index contributed by atoms with van der Waals surface area (Å²) in [7, 11) is 0. The molecule has 6 nitrogen and oxygen atoms in total. The first-order valence-corrected chi connectivity index (χ1v) is 5.91. The summed E-state index contributed by atoms with van der Waals surface area (Å²) in [6.45, 7) is 0. The molecule has 2 rings (SSSR count). The van der Waals surface area contributed by atoms with E-state index < -0.39 is 11.9 Å². The van der Waals surface area contributed by atoms with Crippen LogP contribution in [-0.4, -0.2) is 22.0 Å². The standard InChI is InChI=1S/C13H10ClN3O3/c14-8-2-4-11(16-6-8)12(18)17-10-3-1-7(13(19)20)5-9(10)15/h1-6H,15H2,(H,17,18)(H,19,20). The lowest BCUT2D eigenvalue weighted by Gasteiger charge is -2.08. The van der Waals surface area contributed by atoms with Gasteiger partial charge in [-0.2, -0.15) is 0 Å². The fourth-order valence-corrected chi connectivity index (χ4v) is 1.62. The van der Waals surface area contributed by atoms with Crippen LogP contribution in [0.2, 0.25) is 5.02 Å². The molecular formula is C13H10ClN3O3. The molecule has 0 saturated heterocycles. The molecule has 1 aromatic heterocycles. The molecule has 2 aromatic rings. The van der Waals surface area contributed by atoms with Crippen molar-refractivity contribution in [1.82, 2.24) is 4.98 Å². The molecule has 0 saturated carbocycles. The number of aromatic nitrogens is 1. The predicted octanol–water partition coefficient (Wildman–Crippen LogP) is 2.27. The number of hydrogen-bond acceptors (Lipinski definition) is 4. The van der Waals surface area contributed by atoms with Crippen LogP contribution in [0.15, 0.2) is 36.5 Å². The molecule has 0 bridgehead atoms. The zero-order valence-corrected chi connectivity index (χ0v) is 10.9. The number of amides is 1. The fourth-order valence-electron chi connectivity index (χ4n) is 1.51. The second-order valence-corrected chi connectivity index (χ2v) is 4.36. The van der Waals surface area contributed by atoms with E-state index in [1.54, 1.807) is 6.07 Å². The van der Waals surface area contributed by atoms with Gasteiger partial charge in [-0.25, -0.2) is 9.78 Å². The van der Waals surface area contributed by atoms with E-state index in [-0.39, 0.29) is 16.9 Å². The Hall–Kier alpha value is -2.60. The number of anilines is 2. The number of aromatic carboxylic acids is 1. The quantitative estimate of drug-likeness (QED) is 0.752. The smallest absolute Gasteiger partial charge is 0.335 e. The minimum absolute atomic E-state index is 0.0464. The van der Waals surface area contributed by atoms with Crippen LogP contribution in [0, 0.1) is 0 Å². The summed E-state index contributed by atoms with van der Waals surface area (Å²) in [5, 5.41) is 11.8. The average molecular weight is 292 g/mol. The highest BCUT2D eigenvalue weighted by molar-refractivity contribution is 6.30. The number of rotatable bonds is 3. The number of carbonyl (C=O) groups is 2. The predicted molar refractivity (Wildman–Crippen MR) is 75.0 cm³/mol. The van der Waals surface area contributed by atoms with Gasteiger partial charge in [0.1, 0.15) is 5.69 Å². The van der Waals surface area contributed by atoms with Crippen molar-refractivity contribution >= 4 is 34.9 Å². The van der Waals surface area contributed by atoms with E-state index in [1.807, 2.05) is 0 Å². The summed E-state index contributed by atoms with van der Waals surface area (Å²) in [4.78, 5) is 26.6. The van der Waals surface area contributed by atoms with Crippen molar-refractivity contribution in [3.63, 3.8) is 0 Å². The molecular weight excluding hydrogens is 282 g/mol. The number of carboxylic acids is 1. The maximum Gasteiger partial charge on any atom is 0.335 e. The highest BCUT2D eigenvalue weighted by atomic mass is 35.5. The van der Waals surface area contributed by atoms with Gasteiger partial charge in [0.15, 0.2) is 0 Å². The van der Waals surface area contributed by atoms with Crippen molar-refractivity contribution in [2.75, 3.05) is 11.1 Å². The Morgan fingerprint density at radius 1 is 1.25 bits per heavy atom. The van der Waals surface area contributed by atoms with Crippen molar-refractivity contribution < 1.29 is 14.7 Å². The molecule has 0 fully saturated rings. The molecule has 0 spiro atoms. The van der Waals surface area contributed by atoms with E-state index in [0.717, 1.165) is 0 Å². The Kier molecular flexibility index (Phi) is 3.86. The molecule has 7 heteroatoms. The van der Waals surface area contributed by atoms with Gasteiger partial charge in [0.05, 0.1) is 22.0 Å². The van der Waals surface area contributed by atoms with E-state index in [1.165, 1.54) is 30.5 Å². The van der Waals surface area contributed by atoms with Crippen LogP contribution < -0.4 is 11.1 Å². The summed E-state index contributed by atoms with van der Waals surface area (Å²) in [6, 6.07) is 7.06. The number of nitrogens with two attached hydrogens (primary N) is 1. The second-order valence-electron chi connectivity index (χ2n) is 3.92. The van der Waals surface area contributed by atoms with Gasteiger partial charge in [-0.3, -0.25) is 4.79 Å². The van der Waals surface area contributed by atoms with Gasteiger partial charge in [-0.05, 0) is 30.3 Å². The van der Waals surface area contributed by atoms with E-state index >= 15 is 0 Å². The highest BCUT2D eigenvalue weighted by Crippen LogP contribution is 2.20. The lowest BCUT2D eigenvalue weighted by Crippen LogP contribution is -2.15. The number of nitrogens with zero attached hydrogens (tertiary/aromatic N) is 1. The number of halogens is 1. The third kappa shape index (κ3) is 3.04. The average Bonchev–Trinajstić information content (AvgIpc) is 2.41. The molecule has 1 amide bonds. The summed E-state index contributed by atoms with van der Waals surface area (Å²) < 4.78 is 0. The zero-order chi connectivity index (χ0) is 14.7. The first-order valence-electron chi connectivity index (χ1n) is 5.53. The van der Waals surface area contributed by atoms with Crippen LogP contribution >= 0.6 is 11.6 Å². The monoisotopic (exact) mass is 291 g/mol. The van der Waals surface area contributed by atoms with Crippen LogP contribution in [0.1, 0.15) is 20.8 Å². The topological polar surface area (TPSA) is 105 Å². The maximum absolute atomic E-state index is 11.9. The molecule has 0 atom stereocenters. The van der Waals surface area contributed by atoms with Crippen molar-refractivity contribution in [1.29, 1.82) is 0 Å². The molecule has 4 N–H and O–H groups in total. The van der Waals surface area contributed by atoms with E-state index in [0.29, 0.717) is 10.7 Å². The van der Waals surface area contributed by atoms with Gasteiger partial charge >= 0.3 is 5.97 Å². The minimum atomic E-state index is -1.09. The van der Waals surface area contributed by atoms with E-state index in [2.05, 4.69) is 10.3 Å². The van der Waals surface area contributed by atoms with Crippen LogP contribution in [0.3, 0.4) is 0 Å². The van der Waals surface area contributed by atoms with Crippen molar-refractivity contribution in [3.8, 4) is 0 Å². The molecule has 1 heterocycles. The lowest BCUT2D eigenvalue weighted by atomic mass is 10.1. The molecule has 0 unspecified atom stereocenters. The Labute approximate surface area is 119 Å². The number of pyridine rings is 1. The van der Waals surface area contributed by atoms with Crippen molar-refractivity contribution in [2.24, 2.45) is 0 Å². The van der Waals surface area contributed by atoms with E-state index in [4.69, 9.17) is 22.4 Å². The van der Waals surface area contributed by atoms with E-state index in [9.17, 15) is 9.59 Å². The van der Waals surface area contributed by atoms with Gasteiger partial charge in [0, 0.05) is 6.20 Å². The highest BCUT2D eigenvalue weighted by Gasteiger charge is 2.11. The van der Waals surface area contributed by atoms with Gasteiger partial charge in [-0.1, -0.05) is 11.6 Å². The Morgan fingerprint density at radius 3 is 2.55 bits per heavy atom. The number of carbonyl (C=O) groups excluding carboxylic acids is 1. The van der Waals surface area contributed by atoms with Gasteiger partial charge in [-0.15, -0.1) is 0 Å². The zero-order valence-electron chi connectivity index (χ0n) is 10.1. The third-order valence-electron chi connectivity index (χ3n) is 2.51. The number of hydrogen-bond donors (Lipinski definition) is 3. The summed E-state index contributed by atoms with van der Waals surface area (Å²) in [6.07, 6.45) is 1.35. The summed E-state index contributed by atoms with van der Waals surface area (Å²) in [5.74, 6) is -1.55. The molecule has 0 aliphatic carbocycles. The summed E-state index contributed by atoms with van der Waals surface area (Å²) in [5.41, 5.74) is 6.39. The van der Waals surface area contributed by atoms with Gasteiger partial charge in [0.2, 0.25) is 0 Å². The van der Waals surface area contributed by atoms with Gasteiger partial charge < -0.3 is 16.2 Å². The first kappa shape index (κ1) is 13.8. The number of carboxylic acid groups (broad SMARTS) is 1. The first-order chi connectivity index (χ1) is 9.47. The van der Waals surface area contributed by atoms with Crippen molar-refractivity contribution in [3.05, 3.63) is 52.8 Å². The maximum atomic E-state index is 11.9. The van der Waals surface area contributed by atoms with Gasteiger partial charge in [0.25, 0.3) is 5.91 Å². The van der Waals surface area contributed by atoms with Crippen LogP contribution in [0.5, 0.6) is 0 Å². The Morgan fingerprint density at radius 2 is 2.00 bits per heavy atom. The van der Waals surface area contributed by atoms with Crippen LogP contribution in [0.4, 0.5) is 11.4 Å². The Bertz CT molecular complexity index is 671. The fraction of sp³-hybridized carbons (Fsp3) is 0. The largest absolute Gasteiger partial charge is 0.478 e. The van der Waals surface area contributed by atoms with Crippen molar-refractivity contribution in [2.45, 2.75) is 0 Å². The molecule has 20 heavy (non-hydrogen) atoms. The summed E-state index contributed by atoms with van der Waals surface area (Å²) >= 11 is 5.68. The number of nitrogen functional groups attached to an aromatic ring is 1. The molecule has 0 aliphatic rings. The molecule has 0 radical (unpaired) electrons. The number of nitrogens with one attached hydrogen (secondary N) is 1. The molecule has 102 valence electrons. The molecule has 1 aromatic carbocycles. The number of benzene rings is 1. The van der Waals surface area contributed by atoms with Crippen LogP contribution in [0.25, 0.3) is 0 Å². The van der Waals surface area contributed by atoms with Crippen LogP contribution in [-0.2, 0) is 0 Å².